The highest BCUT2D eigenvalue weighted by Gasteiger charge is 2.44. The van der Waals surface area contributed by atoms with Crippen LogP contribution in [0.2, 0.25) is 0 Å². The fourth-order valence-corrected chi connectivity index (χ4v) is 2.62. The summed E-state index contributed by atoms with van der Waals surface area (Å²) in [4.78, 5) is 20.9. The second-order valence-electron chi connectivity index (χ2n) is 4.72. The van der Waals surface area contributed by atoms with Crippen molar-refractivity contribution in [3.63, 3.8) is 0 Å². The predicted octanol–water partition coefficient (Wildman–Crippen LogP) is 1.66. The zero-order chi connectivity index (χ0) is 11.7. The number of rotatable bonds is 1. The molecule has 1 aromatic heterocycles. The second kappa shape index (κ2) is 3.95. The SMILES string of the molecule is O=C1NC(c2ccccn2)=NC12CCCCC2. The highest BCUT2D eigenvalue weighted by Crippen LogP contribution is 2.34. The molecule has 4 nitrogen and oxygen atoms in total. The molecular weight excluding hydrogens is 214 g/mol. The number of aliphatic imine (C=N–C) groups is 1. The van der Waals surface area contributed by atoms with Crippen LogP contribution in [0.1, 0.15) is 37.8 Å². The maximum atomic E-state index is 12.1. The summed E-state index contributed by atoms with van der Waals surface area (Å²) in [5.74, 6) is 0.690. The van der Waals surface area contributed by atoms with Gasteiger partial charge in [-0.05, 0) is 25.0 Å². The monoisotopic (exact) mass is 229 g/mol. The zero-order valence-electron chi connectivity index (χ0n) is 9.65. The van der Waals surface area contributed by atoms with Crippen LogP contribution in [-0.4, -0.2) is 22.3 Å². The topological polar surface area (TPSA) is 54.4 Å². The number of carbonyl (C=O) groups is 1. The zero-order valence-corrected chi connectivity index (χ0v) is 9.65. The maximum Gasteiger partial charge on any atom is 0.253 e. The van der Waals surface area contributed by atoms with Gasteiger partial charge in [-0.3, -0.25) is 9.78 Å². The Morgan fingerprint density at radius 1 is 1.18 bits per heavy atom. The first-order chi connectivity index (χ1) is 8.30. The predicted molar refractivity (Wildman–Crippen MR) is 64.7 cm³/mol. The van der Waals surface area contributed by atoms with Gasteiger partial charge in [0.1, 0.15) is 11.2 Å². The van der Waals surface area contributed by atoms with Crippen LogP contribution >= 0.6 is 0 Å². The summed E-state index contributed by atoms with van der Waals surface area (Å²) in [5, 5.41) is 2.88. The minimum Gasteiger partial charge on any atom is -0.307 e. The molecule has 2 heterocycles. The number of amidine groups is 1. The molecule has 1 aliphatic carbocycles. The number of hydrogen-bond donors (Lipinski definition) is 1. The highest BCUT2D eigenvalue weighted by molar-refractivity contribution is 6.14. The quantitative estimate of drug-likeness (QED) is 0.796. The number of amides is 1. The van der Waals surface area contributed by atoms with Crippen LogP contribution in [0, 0.1) is 0 Å². The molecule has 1 fully saturated rings. The molecule has 0 aromatic carbocycles. The van der Waals surface area contributed by atoms with Gasteiger partial charge in [-0.15, -0.1) is 0 Å². The molecule has 4 heteroatoms. The number of carbonyl (C=O) groups excluding carboxylic acids is 1. The van der Waals surface area contributed by atoms with Crippen LogP contribution in [-0.2, 0) is 4.79 Å². The van der Waals surface area contributed by atoms with Gasteiger partial charge in [0.05, 0.1) is 0 Å². The Morgan fingerprint density at radius 3 is 2.71 bits per heavy atom. The van der Waals surface area contributed by atoms with Crippen LogP contribution in [0.4, 0.5) is 0 Å². The summed E-state index contributed by atoms with van der Waals surface area (Å²) in [7, 11) is 0. The Balaban J connectivity index is 1.94. The first kappa shape index (κ1) is 10.4. The molecule has 1 spiro atoms. The Bertz CT molecular complexity index is 461. The largest absolute Gasteiger partial charge is 0.307 e. The molecule has 1 aliphatic heterocycles. The number of pyridine rings is 1. The summed E-state index contributed by atoms with van der Waals surface area (Å²) in [6.07, 6.45) is 6.85. The fraction of sp³-hybridized carbons (Fsp3) is 0.462. The van der Waals surface area contributed by atoms with Crippen molar-refractivity contribution in [1.82, 2.24) is 10.3 Å². The van der Waals surface area contributed by atoms with Gasteiger partial charge in [0, 0.05) is 6.20 Å². The molecular formula is C13H15N3O. The molecule has 2 aliphatic rings. The molecule has 1 saturated carbocycles. The Hall–Kier alpha value is -1.71. The van der Waals surface area contributed by atoms with E-state index in [1.807, 2.05) is 18.2 Å². The summed E-state index contributed by atoms with van der Waals surface area (Å²) in [5.41, 5.74) is 0.258. The molecule has 0 atom stereocenters. The van der Waals surface area contributed by atoms with E-state index >= 15 is 0 Å². The Labute approximate surface area is 100 Å². The number of hydrogen-bond acceptors (Lipinski definition) is 3. The van der Waals surface area contributed by atoms with Gasteiger partial charge < -0.3 is 5.32 Å². The second-order valence-corrected chi connectivity index (χ2v) is 4.72. The van der Waals surface area contributed by atoms with Gasteiger partial charge in [0.15, 0.2) is 5.84 Å². The van der Waals surface area contributed by atoms with E-state index < -0.39 is 5.54 Å². The van der Waals surface area contributed by atoms with Crippen molar-refractivity contribution in [3.8, 4) is 0 Å². The van der Waals surface area contributed by atoms with Crippen molar-refractivity contribution in [2.45, 2.75) is 37.6 Å². The number of nitrogens with one attached hydrogen (secondary N) is 1. The first-order valence-electron chi connectivity index (χ1n) is 6.13. The van der Waals surface area contributed by atoms with Crippen molar-refractivity contribution in [2.75, 3.05) is 0 Å². The lowest BCUT2D eigenvalue weighted by molar-refractivity contribution is -0.124. The van der Waals surface area contributed by atoms with Gasteiger partial charge >= 0.3 is 0 Å². The van der Waals surface area contributed by atoms with Gasteiger partial charge in [-0.2, -0.15) is 0 Å². The standard InChI is InChI=1S/C13H15N3O/c17-12-13(7-3-1-4-8-13)16-11(15-12)10-6-2-5-9-14-10/h2,5-6,9H,1,3-4,7-8H2,(H,15,16,17). The highest BCUT2D eigenvalue weighted by atomic mass is 16.2. The van der Waals surface area contributed by atoms with Crippen LogP contribution < -0.4 is 5.32 Å². The van der Waals surface area contributed by atoms with Crippen molar-refractivity contribution >= 4 is 11.7 Å². The molecule has 17 heavy (non-hydrogen) atoms. The molecule has 1 aromatic rings. The minimum absolute atomic E-state index is 0.0536. The van der Waals surface area contributed by atoms with E-state index in [2.05, 4.69) is 15.3 Å². The number of nitrogens with zero attached hydrogens (tertiary/aromatic N) is 2. The summed E-state index contributed by atoms with van der Waals surface area (Å²) < 4.78 is 0. The van der Waals surface area contributed by atoms with Gasteiger partial charge in [0.25, 0.3) is 5.91 Å². The molecule has 3 rings (SSSR count). The molecule has 88 valence electrons. The van der Waals surface area contributed by atoms with Crippen LogP contribution in [0.5, 0.6) is 0 Å². The lowest BCUT2D eigenvalue weighted by atomic mass is 9.82. The Morgan fingerprint density at radius 2 is 2.00 bits per heavy atom. The van der Waals surface area contributed by atoms with Crippen molar-refractivity contribution in [3.05, 3.63) is 30.1 Å². The average molecular weight is 229 g/mol. The normalized spacial score (nSPS) is 22.4. The van der Waals surface area contributed by atoms with E-state index in [1.165, 1.54) is 6.42 Å². The van der Waals surface area contributed by atoms with Crippen LogP contribution in [0.25, 0.3) is 0 Å². The third-order valence-corrected chi connectivity index (χ3v) is 3.57. The molecule has 1 N–H and O–H groups in total. The lowest BCUT2D eigenvalue weighted by Gasteiger charge is -2.27. The first-order valence-corrected chi connectivity index (χ1v) is 6.13. The molecule has 0 unspecified atom stereocenters. The van der Waals surface area contributed by atoms with E-state index in [0.29, 0.717) is 5.84 Å². The fourth-order valence-electron chi connectivity index (χ4n) is 2.62. The summed E-state index contributed by atoms with van der Waals surface area (Å²) in [6.45, 7) is 0. The molecule has 0 bridgehead atoms. The average Bonchev–Trinajstić information content (AvgIpc) is 2.69. The van der Waals surface area contributed by atoms with Crippen molar-refractivity contribution in [1.29, 1.82) is 0 Å². The van der Waals surface area contributed by atoms with Gasteiger partial charge in [-0.25, -0.2) is 4.99 Å². The Kier molecular flexibility index (Phi) is 2.42. The van der Waals surface area contributed by atoms with Crippen LogP contribution in [0.3, 0.4) is 0 Å². The van der Waals surface area contributed by atoms with Crippen molar-refractivity contribution in [2.24, 2.45) is 4.99 Å². The van der Waals surface area contributed by atoms with E-state index in [1.54, 1.807) is 6.20 Å². The maximum absolute atomic E-state index is 12.1. The molecule has 0 radical (unpaired) electrons. The molecule has 1 amide bonds. The van der Waals surface area contributed by atoms with E-state index in [4.69, 9.17) is 0 Å². The van der Waals surface area contributed by atoms with Crippen LogP contribution in [0.15, 0.2) is 29.4 Å². The minimum atomic E-state index is -0.495. The number of aromatic nitrogens is 1. The lowest BCUT2D eigenvalue weighted by Crippen LogP contribution is -2.41. The van der Waals surface area contributed by atoms with E-state index in [-0.39, 0.29) is 5.91 Å². The smallest absolute Gasteiger partial charge is 0.253 e. The van der Waals surface area contributed by atoms with E-state index in [9.17, 15) is 4.79 Å². The third kappa shape index (κ3) is 1.73. The third-order valence-electron chi connectivity index (χ3n) is 3.57. The van der Waals surface area contributed by atoms with Gasteiger partial charge in [0.2, 0.25) is 0 Å². The van der Waals surface area contributed by atoms with Crippen molar-refractivity contribution < 1.29 is 4.79 Å². The summed E-state index contributed by atoms with van der Waals surface area (Å²) in [6, 6.07) is 5.64. The van der Waals surface area contributed by atoms with E-state index in [0.717, 1.165) is 31.4 Å². The summed E-state index contributed by atoms with van der Waals surface area (Å²) >= 11 is 0. The van der Waals surface area contributed by atoms with Gasteiger partial charge in [-0.1, -0.05) is 25.3 Å². The molecule has 0 saturated heterocycles.